The minimum Gasteiger partial charge on any atom is -0.462 e. The molecule has 0 radical (unpaired) electrons. The smallest absolute Gasteiger partial charge is 0.338 e. The number of carbonyl (C=O) groups is 1. The van der Waals surface area contributed by atoms with Gasteiger partial charge in [0.1, 0.15) is 12.0 Å². The van der Waals surface area contributed by atoms with Crippen molar-refractivity contribution in [2.24, 2.45) is 5.92 Å². The summed E-state index contributed by atoms with van der Waals surface area (Å²) >= 11 is 1.44. The molecule has 0 bridgehead atoms. The summed E-state index contributed by atoms with van der Waals surface area (Å²) in [5.74, 6) is 0.880. The summed E-state index contributed by atoms with van der Waals surface area (Å²) in [7, 11) is 0. The first-order chi connectivity index (χ1) is 13.0. The normalized spacial score (nSPS) is 10.6. The van der Waals surface area contributed by atoms with E-state index in [1.165, 1.54) is 17.7 Å². The number of hydrogen-bond acceptors (Lipinski definition) is 9. The van der Waals surface area contributed by atoms with Crippen LogP contribution >= 0.6 is 11.3 Å². The van der Waals surface area contributed by atoms with Gasteiger partial charge in [-0.25, -0.2) is 19.7 Å². The Bertz CT molecular complexity index is 897. The molecule has 0 saturated heterocycles. The van der Waals surface area contributed by atoms with E-state index in [-0.39, 0.29) is 5.97 Å². The summed E-state index contributed by atoms with van der Waals surface area (Å²) < 4.78 is 5.22. The first-order valence-corrected chi connectivity index (χ1v) is 9.22. The van der Waals surface area contributed by atoms with Gasteiger partial charge in [0.25, 0.3) is 0 Å². The van der Waals surface area contributed by atoms with Crippen molar-refractivity contribution in [2.75, 3.05) is 23.0 Å². The monoisotopic (exact) mass is 384 g/mol. The molecule has 2 heterocycles. The Labute approximate surface area is 160 Å². The molecule has 0 aliphatic carbocycles. The lowest BCUT2D eigenvalue weighted by Crippen LogP contribution is -2.10. The average molecular weight is 384 g/mol. The quantitative estimate of drug-likeness (QED) is 0.527. The Morgan fingerprint density at radius 3 is 2.48 bits per heavy atom. The number of ether oxygens (including phenoxy) is 1. The van der Waals surface area contributed by atoms with Crippen LogP contribution in [0.2, 0.25) is 0 Å². The summed E-state index contributed by atoms with van der Waals surface area (Å²) in [5, 5.41) is 8.72. The highest BCUT2D eigenvalue weighted by atomic mass is 32.1. The minimum absolute atomic E-state index is 0.294. The van der Waals surface area contributed by atoms with Crippen LogP contribution in [0.25, 0.3) is 0 Å². The standard InChI is InChI=1S/C18H20N6O2S/c1-11(2)9-26-17(25)12-3-5-13(6-4-12)23-15-14(19)16(22-10-21-15)24-18-20-7-8-27-18/h3-8,10-11H,9,19H2,1-2H3,(H2,20,21,22,23,24). The van der Waals surface area contributed by atoms with Gasteiger partial charge in [0.2, 0.25) is 0 Å². The number of nitrogens with two attached hydrogens (primary N) is 1. The molecule has 9 heteroatoms. The number of aromatic nitrogens is 3. The zero-order valence-corrected chi connectivity index (χ0v) is 15.8. The van der Waals surface area contributed by atoms with E-state index in [1.54, 1.807) is 30.5 Å². The summed E-state index contributed by atoms with van der Waals surface area (Å²) in [6, 6.07) is 6.91. The third kappa shape index (κ3) is 4.91. The number of nitrogens with zero attached hydrogens (tertiary/aromatic N) is 3. The molecule has 2 aromatic heterocycles. The highest BCUT2D eigenvalue weighted by Gasteiger charge is 2.11. The maximum absolute atomic E-state index is 12.0. The second kappa shape index (κ2) is 8.45. The van der Waals surface area contributed by atoms with Gasteiger partial charge in [-0.05, 0) is 30.2 Å². The van der Waals surface area contributed by atoms with Crippen LogP contribution in [0.4, 0.5) is 28.1 Å². The number of benzene rings is 1. The number of carbonyl (C=O) groups excluding carboxylic acids is 1. The summed E-state index contributed by atoms with van der Waals surface area (Å²) in [5.41, 5.74) is 7.74. The first-order valence-electron chi connectivity index (χ1n) is 8.34. The molecular weight excluding hydrogens is 364 g/mol. The molecule has 8 nitrogen and oxygen atoms in total. The lowest BCUT2D eigenvalue weighted by molar-refractivity contribution is 0.0459. The average Bonchev–Trinajstić information content (AvgIpc) is 3.17. The molecule has 0 atom stereocenters. The van der Waals surface area contributed by atoms with E-state index in [4.69, 9.17) is 10.5 Å². The molecule has 3 rings (SSSR count). The van der Waals surface area contributed by atoms with E-state index < -0.39 is 0 Å². The van der Waals surface area contributed by atoms with Gasteiger partial charge in [-0.15, -0.1) is 11.3 Å². The highest BCUT2D eigenvalue weighted by Crippen LogP contribution is 2.28. The van der Waals surface area contributed by atoms with Gasteiger partial charge in [-0.2, -0.15) is 0 Å². The summed E-state index contributed by atoms with van der Waals surface area (Å²) in [6.07, 6.45) is 3.10. The maximum Gasteiger partial charge on any atom is 0.338 e. The van der Waals surface area contributed by atoms with Crippen LogP contribution in [0.1, 0.15) is 24.2 Å². The van der Waals surface area contributed by atoms with Gasteiger partial charge < -0.3 is 21.1 Å². The van der Waals surface area contributed by atoms with Crippen molar-refractivity contribution in [1.82, 2.24) is 15.0 Å². The Kier molecular flexibility index (Phi) is 5.82. The van der Waals surface area contributed by atoms with Crippen molar-refractivity contribution in [1.29, 1.82) is 0 Å². The molecule has 0 unspecified atom stereocenters. The summed E-state index contributed by atoms with van der Waals surface area (Å²) in [6.45, 7) is 4.37. The largest absolute Gasteiger partial charge is 0.462 e. The van der Waals surface area contributed by atoms with E-state index in [0.717, 1.165) is 5.69 Å². The molecule has 0 saturated carbocycles. The Morgan fingerprint density at radius 2 is 1.85 bits per heavy atom. The fourth-order valence-electron chi connectivity index (χ4n) is 2.13. The molecule has 3 aromatic rings. The fourth-order valence-corrected chi connectivity index (χ4v) is 2.66. The fraction of sp³-hybridized carbons (Fsp3) is 0.222. The molecule has 4 N–H and O–H groups in total. The molecule has 27 heavy (non-hydrogen) atoms. The predicted octanol–water partition coefficient (Wildman–Crippen LogP) is 3.82. The Balaban J connectivity index is 1.69. The van der Waals surface area contributed by atoms with Gasteiger partial charge in [-0.3, -0.25) is 0 Å². The molecule has 0 aliphatic heterocycles. The highest BCUT2D eigenvalue weighted by molar-refractivity contribution is 7.13. The van der Waals surface area contributed by atoms with Crippen molar-refractivity contribution in [3.63, 3.8) is 0 Å². The van der Waals surface area contributed by atoms with Crippen molar-refractivity contribution in [3.05, 3.63) is 47.7 Å². The second-order valence-electron chi connectivity index (χ2n) is 6.14. The molecule has 0 aliphatic rings. The summed E-state index contributed by atoms with van der Waals surface area (Å²) in [4.78, 5) is 24.4. The molecule has 0 spiro atoms. The number of esters is 1. The van der Waals surface area contributed by atoms with Crippen LogP contribution in [0.3, 0.4) is 0 Å². The van der Waals surface area contributed by atoms with E-state index in [0.29, 0.717) is 40.5 Å². The zero-order chi connectivity index (χ0) is 19.2. The van der Waals surface area contributed by atoms with Crippen molar-refractivity contribution < 1.29 is 9.53 Å². The number of rotatable bonds is 7. The van der Waals surface area contributed by atoms with Crippen molar-refractivity contribution in [3.8, 4) is 0 Å². The number of hydrogen-bond donors (Lipinski definition) is 3. The number of nitrogen functional groups attached to an aromatic ring is 1. The van der Waals surface area contributed by atoms with Gasteiger partial charge in [0.05, 0.1) is 12.2 Å². The Hall–Kier alpha value is -3.20. The Morgan fingerprint density at radius 1 is 1.15 bits per heavy atom. The van der Waals surface area contributed by atoms with Crippen LogP contribution < -0.4 is 16.4 Å². The van der Waals surface area contributed by atoms with Crippen LogP contribution in [0.5, 0.6) is 0 Å². The second-order valence-corrected chi connectivity index (χ2v) is 7.04. The molecule has 0 fully saturated rings. The number of nitrogens with one attached hydrogen (secondary N) is 2. The van der Waals surface area contributed by atoms with E-state index in [2.05, 4.69) is 25.6 Å². The van der Waals surface area contributed by atoms with Crippen LogP contribution in [0.15, 0.2) is 42.2 Å². The number of anilines is 5. The molecule has 1 aromatic carbocycles. The minimum atomic E-state index is -0.341. The van der Waals surface area contributed by atoms with E-state index in [9.17, 15) is 4.79 Å². The van der Waals surface area contributed by atoms with Crippen molar-refractivity contribution in [2.45, 2.75) is 13.8 Å². The van der Waals surface area contributed by atoms with Gasteiger partial charge in [-0.1, -0.05) is 13.8 Å². The zero-order valence-electron chi connectivity index (χ0n) is 15.0. The third-order valence-corrected chi connectivity index (χ3v) is 4.16. The predicted molar refractivity (Wildman–Crippen MR) is 107 cm³/mol. The first kappa shape index (κ1) is 18.6. The van der Waals surface area contributed by atoms with Gasteiger partial charge >= 0.3 is 5.97 Å². The molecule has 140 valence electrons. The van der Waals surface area contributed by atoms with Crippen LogP contribution in [-0.2, 0) is 4.74 Å². The third-order valence-electron chi connectivity index (χ3n) is 3.47. The lowest BCUT2D eigenvalue weighted by Gasteiger charge is -2.12. The number of thiazole rings is 1. The van der Waals surface area contributed by atoms with E-state index >= 15 is 0 Å². The van der Waals surface area contributed by atoms with Crippen LogP contribution in [0, 0.1) is 5.92 Å². The van der Waals surface area contributed by atoms with Crippen LogP contribution in [-0.4, -0.2) is 27.5 Å². The topological polar surface area (TPSA) is 115 Å². The maximum atomic E-state index is 12.0. The molecule has 0 amide bonds. The van der Waals surface area contributed by atoms with E-state index in [1.807, 2.05) is 19.2 Å². The SMILES string of the molecule is CC(C)COC(=O)c1ccc(Nc2ncnc(Nc3nccs3)c2N)cc1. The lowest BCUT2D eigenvalue weighted by atomic mass is 10.2. The molecular formula is C18H20N6O2S. The van der Waals surface area contributed by atoms with Gasteiger partial charge in [0, 0.05) is 17.3 Å². The van der Waals surface area contributed by atoms with Gasteiger partial charge in [0.15, 0.2) is 16.8 Å². The van der Waals surface area contributed by atoms with Crippen molar-refractivity contribution >= 4 is 45.4 Å².